The molecule has 0 aliphatic heterocycles. The van der Waals surface area contributed by atoms with Crippen molar-refractivity contribution >= 4 is 5.97 Å². The molecule has 0 saturated heterocycles. The molecule has 0 saturated carbocycles. The summed E-state index contributed by atoms with van der Waals surface area (Å²) in [5, 5.41) is 12.7. The number of nitrogens with zero attached hydrogens (tertiary/aromatic N) is 2. The smallest absolute Gasteiger partial charge is 0.335 e. The molecule has 2 aromatic rings. The van der Waals surface area contributed by atoms with Crippen LogP contribution in [-0.2, 0) is 6.42 Å². The van der Waals surface area contributed by atoms with E-state index in [0.717, 1.165) is 0 Å². The van der Waals surface area contributed by atoms with Crippen LogP contribution in [0, 0.1) is 6.92 Å². The van der Waals surface area contributed by atoms with E-state index in [1.54, 1.807) is 31.2 Å². The topological polar surface area (TPSA) is 76.2 Å². The second-order valence-corrected chi connectivity index (χ2v) is 3.37. The average molecular weight is 218 g/mol. The van der Waals surface area contributed by atoms with E-state index in [2.05, 4.69) is 10.1 Å². The summed E-state index contributed by atoms with van der Waals surface area (Å²) in [6.45, 7) is 1.69. The van der Waals surface area contributed by atoms with Crippen molar-refractivity contribution in [1.29, 1.82) is 0 Å². The van der Waals surface area contributed by atoms with Gasteiger partial charge in [-0.25, -0.2) is 4.79 Å². The standard InChI is InChI=1S/C11H10N2O3/c1-7-12-10(13-16-7)6-8-4-2-3-5-9(8)11(14)15/h2-5H,6H2,1H3,(H,14,15). The fourth-order valence-electron chi connectivity index (χ4n) is 1.47. The Morgan fingerprint density at radius 2 is 2.19 bits per heavy atom. The van der Waals surface area contributed by atoms with Crippen LogP contribution in [0.2, 0.25) is 0 Å². The van der Waals surface area contributed by atoms with Crippen molar-refractivity contribution in [2.75, 3.05) is 0 Å². The summed E-state index contributed by atoms with van der Waals surface area (Å²) < 4.78 is 4.83. The minimum Gasteiger partial charge on any atom is -0.478 e. The Kier molecular flexibility index (Phi) is 2.68. The van der Waals surface area contributed by atoms with Crippen molar-refractivity contribution in [2.24, 2.45) is 0 Å². The number of benzene rings is 1. The van der Waals surface area contributed by atoms with Gasteiger partial charge in [0, 0.05) is 13.3 Å². The van der Waals surface area contributed by atoms with Crippen molar-refractivity contribution in [3.63, 3.8) is 0 Å². The third kappa shape index (κ3) is 2.08. The maximum atomic E-state index is 11.0. The first-order valence-corrected chi connectivity index (χ1v) is 4.77. The highest BCUT2D eigenvalue weighted by Gasteiger charge is 2.11. The van der Waals surface area contributed by atoms with Gasteiger partial charge in [0.2, 0.25) is 5.89 Å². The fourth-order valence-corrected chi connectivity index (χ4v) is 1.47. The molecule has 2 rings (SSSR count). The van der Waals surface area contributed by atoms with Crippen molar-refractivity contribution in [1.82, 2.24) is 10.1 Å². The highest BCUT2D eigenvalue weighted by Crippen LogP contribution is 2.12. The van der Waals surface area contributed by atoms with E-state index >= 15 is 0 Å². The van der Waals surface area contributed by atoms with Crippen LogP contribution in [0.1, 0.15) is 27.6 Å². The summed E-state index contributed by atoms with van der Waals surface area (Å²) in [6, 6.07) is 6.78. The predicted octanol–water partition coefficient (Wildman–Crippen LogP) is 1.67. The van der Waals surface area contributed by atoms with E-state index in [0.29, 0.717) is 23.7 Å². The van der Waals surface area contributed by atoms with Crippen molar-refractivity contribution in [3.05, 3.63) is 47.1 Å². The first-order chi connectivity index (χ1) is 7.66. The zero-order chi connectivity index (χ0) is 11.5. The molecule has 1 aromatic heterocycles. The molecule has 82 valence electrons. The minimum absolute atomic E-state index is 0.268. The molecule has 0 unspecified atom stereocenters. The van der Waals surface area contributed by atoms with Gasteiger partial charge >= 0.3 is 5.97 Å². The molecule has 0 fully saturated rings. The maximum Gasteiger partial charge on any atom is 0.335 e. The Morgan fingerprint density at radius 1 is 1.44 bits per heavy atom. The molecule has 0 radical (unpaired) electrons. The van der Waals surface area contributed by atoms with Crippen LogP contribution in [0.15, 0.2) is 28.8 Å². The van der Waals surface area contributed by atoms with Gasteiger partial charge < -0.3 is 9.63 Å². The molecule has 1 aromatic carbocycles. The summed E-state index contributed by atoms with van der Waals surface area (Å²) in [5.41, 5.74) is 0.945. The molecule has 1 heterocycles. The number of carboxylic acid groups (broad SMARTS) is 1. The Hall–Kier alpha value is -2.17. The zero-order valence-corrected chi connectivity index (χ0v) is 8.67. The van der Waals surface area contributed by atoms with Gasteiger partial charge in [0.15, 0.2) is 5.82 Å². The Bertz CT molecular complexity index is 519. The van der Waals surface area contributed by atoms with Crippen LogP contribution in [0.25, 0.3) is 0 Å². The van der Waals surface area contributed by atoms with E-state index in [1.165, 1.54) is 0 Å². The SMILES string of the molecule is Cc1nc(Cc2ccccc2C(=O)O)no1. The molecule has 5 nitrogen and oxygen atoms in total. The van der Waals surface area contributed by atoms with Gasteiger partial charge in [-0.3, -0.25) is 0 Å². The van der Waals surface area contributed by atoms with Crippen LogP contribution in [0.4, 0.5) is 0 Å². The first-order valence-electron chi connectivity index (χ1n) is 4.77. The molecule has 0 atom stereocenters. The van der Waals surface area contributed by atoms with Crippen molar-refractivity contribution < 1.29 is 14.4 Å². The second-order valence-electron chi connectivity index (χ2n) is 3.37. The lowest BCUT2D eigenvalue weighted by molar-refractivity contribution is 0.0696. The predicted molar refractivity (Wildman–Crippen MR) is 55.2 cm³/mol. The van der Waals surface area contributed by atoms with Gasteiger partial charge in [-0.2, -0.15) is 4.98 Å². The molecule has 0 bridgehead atoms. The summed E-state index contributed by atoms with van der Waals surface area (Å²) in [7, 11) is 0. The zero-order valence-electron chi connectivity index (χ0n) is 8.67. The van der Waals surface area contributed by atoms with Crippen LogP contribution < -0.4 is 0 Å². The summed E-state index contributed by atoms with van der Waals surface area (Å²) in [5.74, 6) is 0.0184. The van der Waals surface area contributed by atoms with E-state index in [4.69, 9.17) is 9.63 Å². The largest absolute Gasteiger partial charge is 0.478 e. The highest BCUT2D eigenvalue weighted by molar-refractivity contribution is 5.89. The van der Waals surface area contributed by atoms with E-state index in [-0.39, 0.29) is 5.56 Å². The number of rotatable bonds is 3. The van der Waals surface area contributed by atoms with Crippen LogP contribution >= 0.6 is 0 Å². The molecule has 0 spiro atoms. The average Bonchev–Trinajstić information content (AvgIpc) is 2.64. The van der Waals surface area contributed by atoms with Gasteiger partial charge in [-0.05, 0) is 11.6 Å². The second kappa shape index (κ2) is 4.14. The summed E-state index contributed by atoms with van der Waals surface area (Å²) >= 11 is 0. The van der Waals surface area contributed by atoms with Gasteiger partial charge in [-0.15, -0.1) is 0 Å². The van der Waals surface area contributed by atoms with Crippen LogP contribution in [-0.4, -0.2) is 21.2 Å². The van der Waals surface area contributed by atoms with Gasteiger partial charge in [0.1, 0.15) is 0 Å². The van der Waals surface area contributed by atoms with E-state index in [1.807, 2.05) is 0 Å². The van der Waals surface area contributed by atoms with Crippen LogP contribution in [0.5, 0.6) is 0 Å². The van der Waals surface area contributed by atoms with E-state index < -0.39 is 5.97 Å². The normalized spacial score (nSPS) is 10.3. The summed E-state index contributed by atoms with van der Waals surface area (Å²) in [6.07, 6.45) is 0.361. The molecule has 1 N–H and O–H groups in total. The Morgan fingerprint density at radius 3 is 2.81 bits per heavy atom. The molecular formula is C11H10N2O3. The monoisotopic (exact) mass is 218 g/mol. The molecule has 0 aliphatic carbocycles. The maximum absolute atomic E-state index is 11.0. The third-order valence-corrected chi connectivity index (χ3v) is 2.17. The lowest BCUT2D eigenvalue weighted by Crippen LogP contribution is -2.03. The summed E-state index contributed by atoms with van der Waals surface area (Å²) in [4.78, 5) is 15.0. The molecule has 16 heavy (non-hydrogen) atoms. The van der Waals surface area contributed by atoms with Gasteiger partial charge in [0.05, 0.1) is 5.56 Å². The number of hydrogen-bond acceptors (Lipinski definition) is 4. The molecule has 5 heteroatoms. The Labute approximate surface area is 91.7 Å². The number of aromatic nitrogens is 2. The van der Waals surface area contributed by atoms with Gasteiger partial charge in [-0.1, -0.05) is 23.4 Å². The highest BCUT2D eigenvalue weighted by atomic mass is 16.5. The molecule has 0 amide bonds. The van der Waals surface area contributed by atoms with Crippen LogP contribution in [0.3, 0.4) is 0 Å². The number of aryl methyl sites for hydroxylation is 1. The van der Waals surface area contributed by atoms with Gasteiger partial charge in [0.25, 0.3) is 0 Å². The third-order valence-electron chi connectivity index (χ3n) is 2.17. The number of carbonyl (C=O) groups is 1. The molecular weight excluding hydrogens is 208 g/mol. The number of carboxylic acids is 1. The van der Waals surface area contributed by atoms with E-state index in [9.17, 15) is 4.79 Å². The number of aromatic carboxylic acids is 1. The van der Waals surface area contributed by atoms with Crippen molar-refractivity contribution in [3.8, 4) is 0 Å². The fraction of sp³-hybridized carbons (Fsp3) is 0.182. The lowest BCUT2D eigenvalue weighted by Gasteiger charge is -2.01. The van der Waals surface area contributed by atoms with Crippen molar-refractivity contribution in [2.45, 2.75) is 13.3 Å². The minimum atomic E-state index is -0.948. The quantitative estimate of drug-likeness (QED) is 0.847. The number of hydrogen-bond donors (Lipinski definition) is 1. The lowest BCUT2D eigenvalue weighted by atomic mass is 10.0. The Balaban J connectivity index is 2.31. The molecule has 0 aliphatic rings. The first kappa shape index (κ1) is 10.4.